The smallest absolute Gasteiger partial charge is 0.408 e. The van der Waals surface area contributed by atoms with Gasteiger partial charge in [-0.2, -0.15) is 0 Å². The first-order valence-corrected chi connectivity index (χ1v) is 8.97. The maximum atomic E-state index is 12.2. The van der Waals surface area contributed by atoms with Gasteiger partial charge in [0.1, 0.15) is 23.2 Å². The molecule has 0 fully saturated rings. The number of alkyl carbamates (subject to hydrolysis) is 1. The van der Waals surface area contributed by atoms with E-state index >= 15 is 0 Å². The van der Waals surface area contributed by atoms with Crippen molar-refractivity contribution >= 4 is 58.6 Å². The van der Waals surface area contributed by atoms with E-state index in [4.69, 9.17) is 49.4 Å². The van der Waals surface area contributed by atoms with Gasteiger partial charge in [0.2, 0.25) is 3.79 Å². The number of thioether (sulfide) groups is 1. The van der Waals surface area contributed by atoms with Crippen molar-refractivity contribution in [3.63, 3.8) is 0 Å². The molecule has 0 aromatic heterocycles. The predicted octanol–water partition coefficient (Wildman–Crippen LogP) is 2.23. The lowest BCUT2D eigenvalue weighted by molar-refractivity contribution is -0.156. The number of halogens is 3. The van der Waals surface area contributed by atoms with E-state index in [1.165, 1.54) is 6.92 Å². The second-order valence-electron chi connectivity index (χ2n) is 6.07. The van der Waals surface area contributed by atoms with E-state index in [9.17, 15) is 14.7 Å². The van der Waals surface area contributed by atoms with E-state index in [1.54, 1.807) is 20.8 Å². The standard InChI is InChI=1S/C13H22Cl3NO6S/c1-11(2,3)23-9(19)8(5-24-12(4,21)6-18)17-10(20)22-7-13(14,15)16/h8,18,21H,5-7H2,1-4H3,(H,17,20)/t8-,12+/m0/s1. The first-order valence-electron chi connectivity index (χ1n) is 6.85. The Hall–Kier alpha value is -0.120. The molecule has 0 spiro atoms. The van der Waals surface area contributed by atoms with E-state index in [2.05, 4.69) is 5.32 Å². The molecule has 0 bridgehead atoms. The molecule has 2 atom stereocenters. The third-order valence-corrected chi connectivity index (χ3v) is 3.78. The van der Waals surface area contributed by atoms with Gasteiger partial charge in [-0.15, -0.1) is 11.8 Å². The number of ether oxygens (including phenoxy) is 2. The van der Waals surface area contributed by atoms with Gasteiger partial charge in [0, 0.05) is 5.75 Å². The van der Waals surface area contributed by atoms with E-state index in [-0.39, 0.29) is 5.75 Å². The van der Waals surface area contributed by atoms with Gasteiger partial charge in [0.25, 0.3) is 0 Å². The van der Waals surface area contributed by atoms with Gasteiger partial charge in [-0.1, -0.05) is 34.8 Å². The number of carbonyl (C=O) groups is 2. The Morgan fingerprint density at radius 1 is 1.21 bits per heavy atom. The lowest BCUT2D eigenvalue weighted by atomic mass is 10.2. The number of aliphatic hydroxyl groups is 2. The molecule has 1 amide bonds. The van der Waals surface area contributed by atoms with E-state index < -0.39 is 45.6 Å². The highest BCUT2D eigenvalue weighted by atomic mass is 35.6. The summed E-state index contributed by atoms with van der Waals surface area (Å²) >= 11 is 17.3. The van der Waals surface area contributed by atoms with E-state index in [1.807, 2.05) is 0 Å². The summed E-state index contributed by atoms with van der Waals surface area (Å²) in [4.78, 5) is 22.4. The number of esters is 1. The molecule has 7 nitrogen and oxygen atoms in total. The minimum absolute atomic E-state index is 0.0641. The molecule has 0 rings (SSSR count). The second kappa shape index (κ2) is 9.54. The van der Waals surface area contributed by atoms with Crippen molar-refractivity contribution in [3.8, 4) is 0 Å². The molecular formula is C13H22Cl3NO6S. The average Bonchev–Trinajstić information content (AvgIpc) is 2.38. The Balaban J connectivity index is 4.85. The molecule has 0 saturated heterocycles. The first-order chi connectivity index (χ1) is 10.7. The Bertz CT molecular complexity index is 436. The van der Waals surface area contributed by atoms with Crippen molar-refractivity contribution in [2.75, 3.05) is 19.0 Å². The van der Waals surface area contributed by atoms with Crippen molar-refractivity contribution in [1.82, 2.24) is 5.32 Å². The Labute approximate surface area is 160 Å². The highest BCUT2D eigenvalue weighted by Crippen LogP contribution is 2.26. The molecule has 0 heterocycles. The fourth-order valence-electron chi connectivity index (χ4n) is 1.18. The maximum absolute atomic E-state index is 12.2. The van der Waals surface area contributed by atoms with Gasteiger partial charge in [0.15, 0.2) is 0 Å². The number of hydrogen-bond acceptors (Lipinski definition) is 7. The quantitative estimate of drug-likeness (QED) is 0.326. The van der Waals surface area contributed by atoms with Crippen LogP contribution in [0.5, 0.6) is 0 Å². The molecule has 0 aliphatic heterocycles. The van der Waals surface area contributed by atoms with Crippen molar-refractivity contribution in [1.29, 1.82) is 0 Å². The summed E-state index contributed by atoms with van der Waals surface area (Å²) in [6, 6.07) is -1.13. The number of carbonyl (C=O) groups excluding carboxylic acids is 2. The maximum Gasteiger partial charge on any atom is 0.408 e. The van der Waals surface area contributed by atoms with Crippen LogP contribution in [0.2, 0.25) is 0 Å². The summed E-state index contributed by atoms with van der Waals surface area (Å²) in [5.41, 5.74) is -0.775. The molecule has 24 heavy (non-hydrogen) atoms. The van der Waals surface area contributed by atoms with E-state index in [0.29, 0.717) is 0 Å². The summed E-state index contributed by atoms with van der Waals surface area (Å²) in [5.74, 6) is -0.791. The normalized spacial score (nSPS) is 16.0. The molecule has 0 saturated carbocycles. The zero-order chi connectivity index (χ0) is 19.2. The second-order valence-corrected chi connectivity index (χ2v) is 10.1. The number of aliphatic hydroxyl groups excluding tert-OH is 1. The molecule has 0 aromatic rings. The van der Waals surface area contributed by atoms with Crippen LogP contribution in [-0.4, -0.2) is 61.6 Å². The largest absolute Gasteiger partial charge is 0.458 e. The van der Waals surface area contributed by atoms with Crippen LogP contribution in [-0.2, 0) is 14.3 Å². The Morgan fingerprint density at radius 3 is 2.17 bits per heavy atom. The van der Waals surface area contributed by atoms with Gasteiger partial charge in [-0.05, 0) is 27.7 Å². The third-order valence-electron chi connectivity index (χ3n) is 2.20. The van der Waals surface area contributed by atoms with Gasteiger partial charge in [0.05, 0.1) is 6.61 Å². The number of nitrogens with one attached hydrogen (secondary N) is 1. The zero-order valence-corrected chi connectivity index (χ0v) is 16.9. The summed E-state index contributed by atoms with van der Waals surface area (Å²) in [5, 5.41) is 21.1. The first kappa shape index (κ1) is 23.9. The molecular weight excluding hydrogens is 405 g/mol. The van der Waals surface area contributed by atoms with Crippen LogP contribution in [0, 0.1) is 0 Å². The van der Waals surface area contributed by atoms with Crippen LogP contribution in [0.4, 0.5) is 4.79 Å². The molecule has 11 heteroatoms. The monoisotopic (exact) mass is 425 g/mol. The van der Waals surface area contributed by atoms with Crippen LogP contribution in [0.3, 0.4) is 0 Å². The molecule has 0 unspecified atom stereocenters. The highest BCUT2D eigenvalue weighted by Gasteiger charge is 2.31. The van der Waals surface area contributed by atoms with Crippen molar-refractivity contribution in [2.45, 2.75) is 48.1 Å². The zero-order valence-electron chi connectivity index (χ0n) is 13.8. The number of alkyl halides is 3. The summed E-state index contributed by atoms with van der Waals surface area (Å²) in [7, 11) is 0. The minimum Gasteiger partial charge on any atom is -0.458 e. The SMILES string of the molecule is CC(C)(C)OC(=O)[C@H](CS[C@@](C)(O)CO)NC(=O)OCC(Cl)(Cl)Cl. The summed E-state index contributed by atoms with van der Waals surface area (Å²) in [6.45, 7) is 5.33. The molecule has 0 radical (unpaired) electrons. The van der Waals surface area contributed by atoms with Crippen LogP contribution in [0.1, 0.15) is 27.7 Å². The van der Waals surface area contributed by atoms with Gasteiger partial charge in [-0.3, -0.25) is 0 Å². The fraction of sp³-hybridized carbons (Fsp3) is 0.846. The lowest BCUT2D eigenvalue weighted by Gasteiger charge is -2.26. The van der Waals surface area contributed by atoms with Crippen LogP contribution in [0.25, 0.3) is 0 Å². The summed E-state index contributed by atoms with van der Waals surface area (Å²) in [6.07, 6.45) is -0.985. The molecule has 0 aromatic carbocycles. The Morgan fingerprint density at radius 2 is 1.75 bits per heavy atom. The number of hydrogen-bond donors (Lipinski definition) is 3. The highest BCUT2D eigenvalue weighted by molar-refractivity contribution is 8.00. The van der Waals surface area contributed by atoms with Gasteiger partial charge < -0.3 is 25.0 Å². The van der Waals surface area contributed by atoms with Crippen LogP contribution >= 0.6 is 46.6 Å². The molecule has 142 valence electrons. The summed E-state index contributed by atoms with van der Waals surface area (Å²) < 4.78 is 8.12. The molecule has 3 N–H and O–H groups in total. The number of amides is 1. The average molecular weight is 427 g/mol. The van der Waals surface area contributed by atoms with Crippen LogP contribution in [0.15, 0.2) is 0 Å². The third kappa shape index (κ3) is 12.3. The van der Waals surface area contributed by atoms with Crippen molar-refractivity contribution in [2.24, 2.45) is 0 Å². The molecule has 0 aliphatic rings. The molecule has 0 aliphatic carbocycles. The minimum atomic E-state index is -1.78. The Kier molecular flexibility index (Phi) is 9.49. The number of rotatable bonds is 7. The lowest BCUT2D eigenvalue weighted by Crippen LogP contribution is -2.47. The van der Waals surface area contributed by atoms with Crippen LogP contribution < -0.4 is 5.32 Å². The van der Waals surface area contributed by atoms with Gasteiger partial charge >= 0.3 is 12.1 Å². The predicted molar refractivity (Wildman–Crippen MR) is 94.6 cm³/mol. The van der Waals surface area contributed by atoms with Gasteiger partial charge in [-0.25, -0.2) is 9.59 Å². The van der Waals surface area contributed by atoms with Crippen molar-refractivity contribution in [3.05, 3.63) is 0 Å². The fourth-order valence-corrected chi connectivity index (χ4v) is 2.18. The van der Waals surface area contributed by atoms with E-state index in [0.717, 1.165) is 11.8 Å². The topological polar surface area (TPSA) is 105 Å². The van der Waals surface area contributed by atoms with Crippen molar-refractivity contribution < 1.29 is 29.3 Å².